The minimum atomic E-state index is -4.11. The molecule has 2 N–H and O–H groups in total. The summed E-state index contributed by atoms with van der Waals surface area (Å²) >= 11 is 0. The van der Waals surface area contributed by atoms with Crippen molar-refractivity contribution in [3.8, 4) is 5.75 Å². The van der Waals surface area contributed by atoms with Crippen LogP contribution in [0, 0.1) is 29.1 Å². The van der Waals surface area contributed by atoms with E-state index in [2.05, 4.69) is 10.3 Å². The number of aromatic nitrogens is 1. The fourth-order valence-electron chi connectivity index (χ4n) is 7.27. The molecule has 3 saturated carbocycles. The normalized spacial score (nSPS) is 28.1. The number of likely N-dealkylation sites (tertiary alicyclic amines) is 1. The van der Waals surface area contributed by atoms with Crippen molar-refractivity contribution in [2.45, 2.75) is 57.5 Å². The Morgan fingerprint density at radius 1 is 1.17 bits per heavy atom. The van der Waals surface area contributed by atoms with Crippen LogP contribution in [0.5, 0.6) is 5.75 Å². The molecule has 1 aliphatic heterocycles. The molecule has 2 aromatic rings. The van der Waals surface area contributed by atoms with E-state index in [1.54, 1.807) is 4.90 Å². The van der Waals surface area contributed by atoms with Crippen LogP contribution in [0.2, 0.25) is 0 Å². The zero-order chi connectivity index (χ0) is 24.2. The number of carbonyl (C=O) groups is 1. The van der Waals surface area contributed by atoms with Crippen LogP contribution in [0.4, 0.5) is 18.9 Å². The van der Waals surface area contributed by atoms with Gasteiger partial charge in [-0.1, -0.05) is 6.42 Å². The Morgan fingerprint density at radius 2 is 1.91 bits per heavy atom. The first-order valence-electron chi connectivity index (χ1n) is 13.1. The molecule has 1 amide bonds. The van der Waals surface area contributed by atoms with Crippen molar-refractivity contribution in [1.29, 1.82) is 0 Å². The Morgan fingerprint density at radius 3 is 2.57 bits per heavy atom. The van der Waals surface area contributed by atoms with Gasteiger partial charge in [0.15, 0.2) is 0 Å². The van der Waals surface area contributed by atoms with Gasteiger partial charge in [-0.05, 0) is 86.3 Å². The molecule has 4 fully saturated rings. The molecule has 0 radical (unpaired) electrons. The standard InChI is InChI=1S/C27H34F3N3O2/c28-27(29,30)16-33-14-18-8-17(9-19(18)15-33)4-7-35-21-2-3-23-22(10-21)24(13-31-23)32-25(34)20-11-26(12-20)5-1-6-26/h2-3,10,13,17-20,31H,1,4-9,11-12,14-16H2,(H,32,34)/t17-,18-,19+. The highest BCUT2D eigenvalue weighted by atomic mass is 19.4. The average molecular weight is 490 g/mol. The summed E-state index contributed by atoms with van der Waals surface area (Å²) in [4.78, 5) is 17.5. The molecule has 4 aliphatic rings. The van der Waals surface area contributed by atoms with E-state index in [0.29, 0.717) is 42.9 Å². The van der Waals surface area contributed by atoms with Crippen molar-refractivity contribution in [3.05, 3.63) is 24.4 Å². The molecule has 3 aliphatic carbocycles. The van der Waals surface area contributed by atoms with Gasteiger partial charge in [-0.2, -0.15) is 13.2 Å². The molecular weight excluding hydrogens is 455 g/mol. The number of amides is 1. The minimum Gasteiger partial charge on any atom is -0.494 e. The van der Waals surface area contributed by atoms with Crippen molar-refractivity contribution in [3.63, 3.8) is 0 Å². The van der Waals surface area contributed by atoms with Crippen LogP contribution in [-0.4, -0.2) is 48.2 Å². The Hall–Kier alpha value is -2.22. The molecule has 6 rings (SSSR count). The van der Waals surface area contributed by atoms with Gasteiger partial charge in [-0.15, -0.1) is 0 Å². The maximum atomic E-state index is 12.7. The van der Waals surface area contributed by atoms with Crippen LogP contribution in [-0.2, 0) is 4.79 Å². The lowest BCUT2D eigenvalue weighted by atomic mass is 9.51. The Bertz CT molecular complexity index is 1070. The van der Waals surface area contributed by atoms with Gasteiger partial charge in [0.2, 0.25) is 5.91 Å². The first-order chi connectivity index (χ1) is 16.8. The molecule has 3 atom stereocenters. The number of halogens is 3. The summed E-state index contributed by atoms with van der Waals surface area (Å²) in [6.45, 7) is 0.960. The van der Waals surface area contributed by atoms with Gasteiger partial charge in [0.05, 0.1) is 18.8 Å². The number of alkyl halides is 3. The molecular formula is C27H34F3N3O2. The summed E-state index contributed by atoms with van der Waals surface area (Å²) in [6.07, 6.45) is 6.58. The Kier molecular flexibility index (Phi) is 5.78. The molecule has 5 nitrogen and oxygen atoms in total. The van der Waals surface area contributed by atoms with Gasteiger partial charge in [0, 0.05) is 36.1 Å². The summed E-state index contributed by atoms with van der Waals surface area (Å²) < 4.78 is 44.1. The topological polar surface area (TPSA) is 57.4 Å². The molecule has 8 heteroatoms. The average Bonchev–Trinajstić information content (AvgIpc) is 3.38. The van der Waals surface area contributed by atoms with Gasteiger partial charge in [0.25, 0.3) is 0 Å². The Balaban J connectivity index is 0.985. The SMILES string of the molecule is O=C(Nc1c[nH]c2ccc(OCC[C@@H]3C[C@@H]4CN(CC(F)(F)F)C[C@@H]4C3)cc12)C1CC2(CCC2)C1. The number of H-pyrrole nitrogens is 1. The van der Waals surface area contributed by atoms with Gasteiger partial charge in [-0.25, -0.2) is 0 Å². The number of fused-ring (bicyclic) bond motifs is 2. The number of hydrogen-bond acceptors (Lipinski definition) is 3. The zero-order valence-corrected chi connectivity index (χ0v) is 20.0. The largest absolute Gasteiger partial charge is 0.494 e. The maximum Gasteiger partial charge on any atom is 0.401 e. The van der Waals surface area contributed by atoms with Crippen LogP contribution in [0.15, 0.2) is 24.4 Å². The summed E-state index contributed by atoms with van der Waals surface area (Å²) in [6, 6.07) is 5.89. The first-order valence-corrected chi connectivity index (χ1v) is 13.1. The number of ether oxygens (including phenoxy) is 1. The summed E-state index contributed by atoms with van der Waals surface area (Å²) in [7, 11) is 0. The highest BCUT2D eigenvalue weighted by Crippen LogP contribution is 2.58. The van der Waals surface area contributed by atoms with Crippen molar-refractivity contribution in [2.75, 3.05) is 31.6 Å². The lowest BCUT2D eigenvalue weighted by molar-refractivity contribution is -0.144. The third-order valence-electron chi connectivity index (χ3n) is 9.18. The third-order valence-corrected chi connectivity index (χ3v) is 9.18. The van der Waals surface area contributed by atoms with E-state index in [1.807, 2.05) is 24.4 Å². The third kappa shape index (κ3) is 4.78. The molecule has 0 unspecified atom stereocenters. The van der Waals surface area contributed by atoms with Crippen molar-refractivity contribution in [1.82, 2.24) is 9.88 Å². The van der Waals surface area contributed by atoms with Crippen molar-refractivity contribution in [2.24, 2.45) is 29.1 Å². The number of nitrogens with zero attached hydrogens (tertiary/aromatic N) is 1. The first kappa shape index (κ1) is 23.2. The Labute approximate surface area is 203 Å². The summed E-state index contributed by atoms with van der Waals surface area (Å²) in [5.41, 5.74) is 2.24. The molecule has 2 heterocycles. The van der Waals surface area contributed by atoms with E-state index in [-0.39, 0.29) is 11.8 Å². The highest BCUT2D eigenvalue weighted by Gasteiger charge is 2.50. The number of aromatic amines is 1. The van der Waals surface area contributed by atoms with E-state index in [0.717, 1.165) is 54.4 Å². The summed E-state index contributed by atoms with van der Waals surface area (Å²) in [5, 5.41) is 4.07. The lowest BCUT2D eigenvalue weighted by Gasteiger charge is -2.53. The van der Waals surface area contributed by atoms with Gasteiger partial charge in [-0.3, -0.25) is 9.69 Å². The fraction of sp³-hybridized carbons (Fsp3) is 0.667. The van der Waals surface area contributed by atoms with Crippen LogP contribution in [0.1, 0.15) is 51.4 Å². The minimum absolute atomic E-state index is 0.121. The van der Waals surface area contributed by atoms with Crippen LogP contribution in [0.25, 0.3) is 10.9 Å². The van der Waals surface area contributed by atoms with Gasteiger partial charge in [0.1, 0.15) is 5.75 Å². The number of rotatable bonds is 7. The highest BCUT2D eigenvalue weighted by molar-refractivity contribution is 6.03. The quantitative estimate of drug-likeness (QED) is 0.503. The van der Waals surface area contributed by atoms with Crippen LogP contribution >= 0.6 is 0 Å². The maximum absolute atomic E-state index is 12.7. The zero-order valence-electron chi connectivity index (χ0n) is 20.0. The molecule has 190 valence electrons. The second-order valence-electron chi connectivity index (χ2n) is 11.7. The summed E-state index contributed by atoms with van der Waals surface area (Å²) in [5.74, 6) is 2.32. The van der Waals surface area contributed by atoms with E-state index in [4.69, 9.17) is 4.74 Å². The van der Waals surface area contributed by atoms with E-state index in [1.165, 1.54) is 19.3 Å². The second kappa shape index (κ2) is 8.71. The molecule has 1 aromatic heterocycles. The van der Waals surface area contributed by atoms with E-state index in [9.17, 15) is 18.0 Å². The second-order valence-corrected chi connectivity index (χ2v) is 11.7. The van der Waals surface area contributed by atoms with Crippen molar-refractivity contribution < 1.29 is 22.7 Å². The predicted molar refractivity (Wildman–Crippen MR) is 128 cm³/mol. The van der Waals surface area contributed by atoms with E-state index < -0.39 is 12.7 Å². The number of nitrogens with one attached hydrogen (secondary N) is 2. The molecule has 1 aromatic carbocycles. The number of carbonyl (C=O) groups excluding carboxylic acids is 1. The van der Waals surface area contributed by atoms with Crippen LogP contribution < -0.4 is 10.1 Å². The molecule has 1 spiro atoms. The van der Waals surface area contributed by atoms with E-state index >= 15 is 0 Å². The molecule has 0 bridgehead atoms. The molecule has 1 saturated heterocycles. The van der Waals surface area contributed by atoms with Gasteiger partial charge >= 0.3 is 6.18 Å². The monoisotopic (exact) mass is 489 g/mol. The number of benzene rings is 1. The van der Waals surface area contributed by atoms with Crippen molar-refractivity contribution >= 4 is 22.5 Å². The lowest BCUT2D eigenvalue weighted by Crippen LogP contribution is -2.47. The predicted octanol–water partition coefficient (Wildman–Crippen LogP) is 5.98. The van der Waals surface area contributed by atoms with Gasteiger partial charge < -0.3 is 15.0 Å². The number of hydrogen-bond donors (Lipinski definition) is 2. The van der Waals surface area contributed by atoms with Crippen LogP contribution in [0.3, 0.4) is 0 Å². The molecule has 35 heavy (non-hydrogen) atoms. The fourth-order valence-corrected chi connectivity index (χ4v) is 7.27. The number of anilines is 1. The smallest absolute Gasteiger partial charge is 0.401 e.